The monoisotopic (exact) mass is 154 g/mol. The molecule has 0 aliphatic rings. The Bertz CT molecular complexity index is 273. The first-order chi connectivity index (χ1) is 5.16. The second kappa shape index (κ2) is 2.67. The van der Waals surface area contributed by atoms with Crippen LogP contribution in [0.4, 0.5) is 11.4 Å². The lowest BCUT2D eigenvalue weighted by Crippen LogP contribution is -1.99. The Balaban J connectivity index is 3.29. The van der Waals surface area contributed by atoms with Gasteiger partial charge in [0.1, 0.15) is 5.75 Å². The van der Waals surface area contributed by atoms with Crippen LogP contribution >= 0.6 is 0 Å². The van der Waals surface area contributed by atoms with Crippen LogP contribution in [0.1, 0.15) is 5.56 Å². The number of aromatic hydroxyl groups is 1. The lowest BCUT2D eigenvalue weighted by Gasteiger charge is -2.06. The Kier molecular flexibility index (Phi) is 1.87. The lowest BCUT2D eigenvalue weighted by atomic mass is 10.1. The van der Waals surface area contributed by atoms with Crippen molar-refractivity contribution in [3.63, 3.8) is 0 Å². The molecule has 0 bridgehead atoms. The van der Waals surface area contributed by atoms with E-state index in [2.05, 4.69) is 0 Å². The molecule has 0 heterocycles. The molecule has 0 atom stereocenters. The lowest BCUT2D eigenvalue weighted by molar-refractivity contribution is 0.276. The van der Waals surface area contributed by atoms with E-state index in [-0.39, 0.29) is 23.6 Å². The first kappa shape index (κ1) is 7.68. The molecule has 0 fully saturated rings. The highest BCUT2D eigenvalue weighted by Crippen LogP contribution is 2.27. The SMILES string of the molecule is Nc1ccc(O)c(CO)c1N. The molecule has 0 aromatic heterocycles. The van der Waals surface area contributed by atoms with Gasteiger partial charge in [-0.3, -0.25) is 0 Å². The maximum absolute atomic E-state index is 9.12. The van der Waals surface area contributed by atoms with Crippen molar-refractivity contribution in [1.82, 2.24) is 0 Å². The second-order valence-electron chi connectivity index (χ2n) is 2.22. The predicted octanol–water partition coefficient (Wildman–Crippen LogP) is 0.0489. The highest BCUT2D eigenvalue weighted by atomic mass is 16.3. The Hall–Kier alpha value is -1.42. The summed E-state index contributed by atoms with van der Waals surface area (Å²) in [5, 5.41) is 17.8. The molecule has 0 radical (unpaired) electrons. The molecule has 1 aromatic rings. The Morgan fingerprint density at radius 1 is 1.27 bits per heavy atom. The van der Waals surface area contributed by atoms with E-state index in [4.69, 9.17) is 21.7 Å². The third-order valence-corrected chi connectivity index (χ3v) is 1.52. The van der Waals surface area contributed by atoms with Crippen LogP contribution < -0.4 is 11.5 Å². The van der Waals surface area contributed by atoms with Gasteiger partial charge in [0.05, 0.1) is 18.0 Å². The number of nitrogens with two attached hydrogens (primary N) is 2. The van der Waals surface area contributed by atoms with Crippen LogP contribution in [0.25, 0.3) is 0 Å². The highest BCUT2D eigenvalue weighted by molar-refractivity contribution is 5.70. The molecule has 0 unspecified atom stereocenters. The van der Waals surface area contributed by atoms with E-state index in [9.17, 15) is 0 Å². The van der Waals surface area contributed by atoms with Crippen LogP contribution in [-0.2, 0) is 6.61 Å². The molecule has 4 heteroatoms. The van der Waals surface area contributed by atoms with E-state index >= 15 is 0 Å². The number of hydrogen-bond donors (Lipinski definition) is 4. The summed E-state index contributed by atoms with van der Waals surface area (Å²) in [6.45, 7) is -0.303. The fourth-order valence-electron chi connectivity index (χ4n) is 0.837. The van der Waals surface area contributed by atoms with Gasteiger partial charge in [-0.2, -0.15) is 0 Å². The van der Waals surface area contributed by atoms with Gasteiger partial charge in [0.15, 0.2) is 0 Å². The first-order valence-corrected chi connectivity index (χ1v) is 3.13. The molecule has 4 nitrogen and oxygen atoms in total. The summed E-state index contributed by atoms with van der Waals surface area (Å²) in [7, 11) is 0. The van der Waals surface area contributed by atoms with Crippen LogP contribution in [0.5, 0.6) is 5.75 Å². The van der Waals surface area contributed by atoms with Crippen LogP contribution in [0.2, 0.25) is 0 Å². The largest absolute Gasteiger partial charge is 0.507 e. The van der Waals surface area contributed by atoms with E-state index in [1.807, 2.05) is 0 Å². The van der Waals surface area contributed by atoms with Crippen LogP contribution in [0.15, 0.2) is 12.1 Å². The van der Waals surface area contributed by atoms with Gasteiger partial charge in [-0.25, -0.2) is 0 Å². The van der Waals surface area contributed by atoms with Gasteiger partial charge in [0, 0.05) is 5.56 Å². The van der Waals surface area contributed by atoms with Crippen LogP contribution in [0.3, 0.4) is 0 Å². The number of anilines is 2. The van der Waals surface area contributed by atoms with E-state index in [0.29, 0.717) is 5.69 Å². The van der Waals surface area contributed by atoms with Crippen molar-refractivity contribution >= 4 is 11.4 Å². The maximum atomic E-state index is 9.12. The van der Waals surface area contributed by atoms with Gasteiger partial charge in [0.2, 0.25) is 0 Å². The van der Waals surface area contributed by atoms with Crippen molar-refractivity contribution in [2.45, 2.75) is 6.61 Å². The van der Waals surface area contributed by atoms with E-state index in [1.165, 1.54) is 12.1 Å². The topological polar surface area (TPSA) is 92.5 Å². The number of aliphatic hydroxyl groups is 1. The van der Waals surface area contributed by atoms with Gasteiger partial charge < -0.3 is 21.7 Å². The van der Waals surface area contributed by atoms with E-state index < -0.39 is 0 Å². The summed E-state index contributed by atoms with van der Waals surface area (Å²) >= 11 is 0. The number of rotatable bonds is 1. The third-order valence-electron chi connectivity index (χ3n) is 1.52. The molecule has 11 heavy (non-hydrogen) atoms. The van der Waals surface area contributed by atoms with Crippen molar-refractivity contribution in [3.05, 3.63) is 17.7 Å². The van der Waals surface area contributed by atoms with Crippen molar-refractivity contribution in [3.8, 4) is 5.75 Å². The number of benzene rings is 1. The van der Waals surface area contributed by atoms with E-state index in [0.717, 1.165) is 0 Å². The smallest absolute Gasteiger partial charge is 0.123 e. The average Bonchev–Trinajstić information content (AvgIpc) is 1.99. The zero-order valence-electron chi connectivity index (χ0n) is 5.91. The van der Waals surface area contributed by atoms with Gasteiger partial charge in [0.25, 0.3) is 0 Å². The molecule has 0 amide bonds. The second-order valence-corrected chi connectivity index (χ2v) is 2.22. The highest BCUT2D eigenvalue weighted by Gasteiger charge is 2.06. The molecule has 6 N–H and O–H groups in total. The zero-order valence-corrected chi connectivity index (χ0v) is 5.91. The molecule has 60 valence electrons. The fourth-order valence-corrected chi connectivity index (χ4v) is 0.837. The first-order valence-electron chi connectivity index (χ1n) is 3.13. The van der Waals surface area contributed by atoms with Crippen LogP contribution in [-0.4, -0.2) is 10.2 Å². The molecule has 0 aliphatic carbocycles. The fraction of sp³-hybridized carbons (Fsp3) is 0.143. The summed E-state index contributed by atoms with van der Waals surface area (Å²) in [6.07, 6.45) is 0. The minimum atomic E-state index is -0.303. The predicted molar refractivity (Wildman–Crippen MR) is 42.9 cm³/mol. The zero-order chi connectivity index (χ0) is 8.43. The Labute approximate surface area is 64.1 Å². The molecule has 1 aromatic carbocycles. The summed E-state index contributed by atoms with van der Waals surface area (Å²) in [5.41, 5.74) is 11.8. The molecule has 0 aliphatic heterocycles. The molecule has 0 saturated heterocycles. The number of nitrogen functional groups attached to an aromatic ring is 2. The molecule has 0 spiro atoms. The minimum Gasteiger partial charge on any atom is -0.507 e. The minimum absolute atomic E-state index is 0.0285. The van der Waals surface area contributed by atoms with Gasteiger partial charge >= 0.3 is 0 Å². The summed E-state index contributed by atoms with van der Waals surface area (Å²) in [6, 6.07) is 2.89. The quantitative estimate of drug-likeness (QED) is 0.339. The molecular formula is C7H10N2O2. The van der Waals surface area contributed by atoms with Crippen molar-refractivity contribution in [1.29, 1.82) is 0 Å². The van der Waals surface area contributed by atoms with Crippen LogP contribution in [0, 0.1) is 0 Å². The van der Waals surface area contributed by atoms with Gasteiger partial charge in [-0.05, 0) is 12.1 Å². The summed E-state index contributed by atoms with van der Waals surface area (Å²) in [5.74, 6) is -0.0285. The van der Waals surface area contributed by atoms with Gasteiger partial charge in [-0.1, -0.05) is 0 Å². The van der Waals surface area contributed by atoms with Crippen molar-refractivity contribution < 1.29 is 10.2 Å². The Morgan fingerprint density at radius 3 is 2.36 bits per heavy atom. The number of hydrogen-bond acceptors (Lipinski definition) is 4. The van der Waals surface area contributed by atoms with Gasteiger partial charge in [-0.15, -0.1) is 0 Å². The van der Waals surface area contributed by atoms with Crippen molar-refractivity contribution in [2.75, 3.05) is 11.5 Å². The molecule has 0 saturated carbocycles. The van der Waals surface area contributed by atoms with Crippen molar-refractivity contribution in [2.24, 2.45) is 0 Å². The normalized spacial score (nSPS) is 9.91. The number of aliphatic hydroxyl groups excluding tert-OH is 1. The summed E-state index contributed by atoms with van der Waals surface area (Å²) < 4.78 is 0. The maximum Gasteiger partial charge on any atom is 0.123 e. The van der Waals surface area contributed by atoms with E-state index in [1.54, 1.807) is 0 Å². The summed E-state index contributed by atoms with van der Waals surface area (Å²) in [4.78, 5) is 0. The third kappa shape index (κ3) is 1.20. The number of phenols is 1. The Morgan fingerprint density at radius 2 is 1.91 bits per heavy atom. The average molecular weight is 154 g/mol. The molecule has 1 rings (SSSR count). The molecular weight excluding hydrogens is 144 g/mol. The standard InChI is InChI=1S/C7H10N2O2/c8-5-1-2-6(11)4(3-10)7(5)9/h1-2,10-11H,3,8-9H2.